The summed E-state index contributed by atoms with van der Waals surface area (Å²) < 4.78 is 40.3. The van der Waals surface area contributed by atoms with Gasteiger partial charge in [-0.1, -0.05) is 53.5 Å². The third-order valence-electron chi connectivity index (χ3n) is 5.01. The first-order valence-electron chi connectivity index (χ1n) is 9.12. The highest BCUT2D eigenvalue weighted by Gasteiger charge is 2.30. The molecule has 0 saturated heterocycles. The smallest absolute Gasteiger partial charge is 0.416 e. The van der Waals surface area contributed by atoms with Crippen LogP contribution < -0.4 is 0 Å². The van der Waals surface area contributed by atoms with E-state index >= 15 is 0 Å². The summed E-state index contributed by atoms with van der Waals surface area (Å²) in [6, 6.07) is 16.6. The molecule has 0 spiro atoms. The number of fused-ring (bicyclic) bond motifs is 1. The van der Waals surface area contributed by atoms with Gasteiger partial charge in [0.15, 0.2) is 0 Å². The highest BCUT2D eigenvalue weighted by Crippen LogP contribution is 2.35. The Balaban J connectivity index is 1.84. The Kier molecular flexibility index (Phi) is 5.45. The summed E-state index contributed by atoms with van der Waals surface area (Å²) in [5.41, 5.74) is 1.91. The highest BCUT2D eigenvalue weighted by atomic mass is 35.5. The first kappa shape index (κ1) is 21.3. The topological polar surface area (TPSA) is 42.2 Å². The Morgan fingerprint density at radius 2 is 1.65 bits per heavy atom. The lowest BCUT2D eigenvalue weighted by Gasteiger charge is -2.11. The fraction of sp³-hybridized carbons (Fsp3) is 0.0870. The van der Waals surface area contributed by atoms with E-state index in [2.05, 4.69) is 0 Å². The van der Waals surface area contributed by atoms with E-state index < -0.39 is 17.7 Å². The third kappa shape index (κ3) is 4.13. The molecule has 0 aliphatic heterocycles. The fourth-order valence-corrected chi connectivity index (χ4v) is 3.86. The molecule has 31 heavy (non-hydrogen) atoms. The quantitative estimate of drug-likeness (QED) is 0.343. The molecule has 3 aromatic carbocycles. The van der Waals surface area contributed by atoms with Crippen LogP contribution in [0.5, 0.6) is 0 Å². The van der Waals surface area contributed by atoms with Crippen molar-refractivity contribution in [2.24, 2.45) is 0 Å². The van der Waals surface area contributed by atoms with Crippen molar-refractivity contribution in [3.63, 3.8) is 0 Å². The van der Waals surface area contributed by atoms with Gasteiger partial charge in [-0.3, -0.25) is 0 Å². The van der Waals surface area contributed by atoms with E-state index in [9.17, 15) is 23.1 Å². The number of aromatic carboxylic acids is 1. The number of carboxylic acids is 1. The second-order valence-corrected chi connectivity index (χ2v) is 7.80. The Bertz CT molecular complexity index is 1290. The molecule has 158 valence electrons. The molecule has 8 heteroatoms. The predicted octanol–water partition coefficient (Wildman–Crippen LogP) is 7.38. The van der Waals surface area contributed by atoms with Crippen LogP contribution >= 0.6 is 23.2 Å². The van der Waals surface area contributed by atoms with E-state index in [1.807, 2.05) is 0 Å². The van der Waals surface area contributed by atoms with Crippen molar-refractivity contribution in [2.45, 2.75) is 12.7 Å². The van der Waals surface area contributed by atoms with Crippen molar-refractivity contribution in [2.75, 3.05) is 0 Å². The molecule has 0 aliphatic rings. The highest BCUT2D eigenvalue weighted by molar-refractivity contribution is 6.42. The van der Waals surface area contributed by atoms with E-state index in [1.54, 1.807) is 41.0 Å². The first-order valence-corrected chi connectivity index (χ1v) is 9.88. The van der Waals surface area contributed by atoms with Gasteiger partial charge in [-0.15, -0.1) is 0 Å². The van der Waals surface area contributed by atoms with Crippen LogP contribution in [0.2, 0.25) is 10.0 Å². The average Bonchev–Trinajstić information content (AvgIpc) is 3.09. The van der Waals surface area contributed by atoms with Crippen LogP contribution in [0.25, 0.3) is 22.0 Å². The first-order chi connectivity index (χ1) is 14.6. The number of rotatable bonds is 4. The van der Waals surface area contributed by atoms with Crippen LogP contribution in [-0.2, 0) is 12.7 Å². The largest absolute Gasteiger partial charge is 0.477 e. The SMILES string of the molecule is O=C(O)c1cc2c(-c3ccc(C(F)(F)F)cc3)cccc2n1Cc1ccc(Cl)c(Cl)c1. The van der Waals surface area contributed by atoms with Gasteiger partial charge in [0.25, 0.3) is 0 Å². The Morgan fingerprint density at radius 3 is 2.26 bits per heavy atom. The summed E-state index contributed by atoms with van der Waals surface area (Å²) in [5, 5.41) is 11.1. The van der Waals surface area contributed by atoms with Gasteiger partial charge in [0.2, 0.25) is 0 Å². The van der Waals surface area contributed by atoms with E-state index in [4.69, 9.17) is 23.2 Å². The van der Waals surface area contributed by atoms with Crippen molar-refractivity contribution in [1.82, 2.24) is 4.57 Å². The van der Waals surface area contributed by atoms with Gasteiger partial charge in [0.05, 0.1) is 15.6 Å². The molecule has 0 radical (unpaired) electrons. The number of carboxylic acid groups (broad SMARTS) is 1. The zero-order valence-corrected chi connectivity index (χ0v) is 17.3. The van der Waals surface area contributed by atoms with Crippen LogP contribution in [0.4, 0.5) is 13.2 Å². The van der Waals surface area contributed by atoms with E-state index in [1.165, 1.54) is 18.2 Å². The molecule has 0 unspecified atom stereocenters. The number of alkyl halides is 3. The minimum absolute atomic E-state index is 0.0560. The standard InChI is InChI=1S/C23H14Cl2F3NO2/c24-18-9-4-13(10-19(18)25)12-29-20-3-1-2-16(17(20)11-21(29)22(30)31)14-5-7-15(8-6-14)23(26,27)28/h1-11H,12H2,(H,30,31). The van der Waals surface area contributed by atoms with Crippen molar-refractivity contribution in [3.05, 3.63) is 93.6 Å². The average molecular weight is 464 g/mol. The molecule has 0 saturated carbocycles. The zero-order valence-electron chi connectivity index (χ0n) is 15.8. The molecule has 1 heterocycles. The number of aromatic nitrogens is 1. The number of carbonyl (C=O) groups is 1. The zero-order chi connectivity index (χ0) is 22.3. The minimum Gasteiger partial charge on any atom is -0.477 e. The molecule has 4 rings (SSSR count). The summed E-state index contributed by atoms with van der Waals surface area (Å²) in [5.74, 6) is -1.12. The van der Waals surface area contributed by atoms with Gasteiger partial charge in [-0.05, 0) is 53.1 Å². The Labute approximate surface area is 185 Å². The molecule has 3 nitrogen and oxygen atoms in total. The van der Waals surface area contributed by atoms with Gasteiger partial charge >= 0.3 is 12.1 Å². The number of benzene rings is 3. The normalized spacial score (nSPS) is 11.8. The van der Waals surface area contributed by atoms with Crippen LogP contribution in [0.15, 0.2) is 66.7 Å². The van der Waals surface area contributed by atoms with Crippen LogP contribution in [0, 0.1) is 0 Å². The predicted molar refractivity (Wildman–Crippen MR) is 115 cm³/mol. The summed E-state index contributed by atoms with van der Waals surface area (Å²) in [6.07, 6.45) is -4.43. The van der Waals surface area contributed by atoms with Gasteiger partial charge in [0, 0.05) is 17.4 Å². The van der Waals surface area contributed by atoms with Gasteiger partial charge in [0.1, 0.15) is 5.69 Å². The lowest BCUT2D eigenvalue weighted by atomic mass is 10.0. The maximum atomic E-state index is 12.9. The van der Waals surface area contributed by atoms with E-state index in [0.29, 0.717) is 32.1 Å². The molecule has 0 bridgehead atoms. The van der Waals surface area contributed by atoms with Crippen LogP contribution in [0.3, 0.4) is 0 Å². The van der Waals surface area contributed by atoms with E-state index in [0.717, 1.165) is 17.7 Å². The van der Waals surface area contributed by atoms with Gasteiger partial charge in [-0.2, -0.15) is 13.2 Å². The Morgan fingerprint density at radius 1 is 0.935 bits per heavy atom. The van der Waals surface area contributed by atoms with Crippen molar-refractivity contribution in [1.29, 1.82) is 0 Å². The summed E-state index contributed by atoms with van der Waals surface area (Å²) in [6.45, 7) is 0.235. The molecular weight excluding hydrogens is 450 g/mol. The molecule has 1 aromatic heterocycles. The third-order valence-corrected chi connectivity index (χ3v) is 5.75. The Hall–Kier alpha value is -2.96. The lowest BCUT2D eigenvalue weighted by molar-refractivity contribution is -0.137. The minimum atomic E-state index is -4.43. The summed E-state index contributed by atoms with van der Waals surface area (Å²) >= 11 is 12.1. The summed E-state index contributed by atoms with van der Waals surface area (Å²) in [7, 11) is 0. The molecule has 0 aliphatic carbocycles. The molecule has 0 fully saturated rings. The maximum absolute atomic E-state index is 12.9. The lowest BCUT2D eigenvalue weighted by Crippen LogP contribution is -2.09. The number of hydrogen-bond donors (Lipinski definition) is 1. The fourth-order valence-electron chi connectivity index (χ4n) is 3.54. The molecule has 1 N–H and O–H groups in total. The molecule has 0 atom stereocenters. The summed E-state index contributed by atoms with van der Waals surface area (Å²) in [4.78, 5) is 11.9. The molecule has 0 amide bonds. The monoisotopic (exact) mass is 463 g/mol. The number of halogens is 5. The van der Waals surface area contributed by atoms with Crippen molar-refractivity contribution < 1.29 is 23.1 Å². The molecule has 4 aromatic rings. The number of nitrogens with zero attached hydrogens (tertiary/aromatic N) is 1. The van der Waals surface area contributed by atoms with E-state index in [-0.39, 0.29) is 12.2 Å². The second-order valence-electron chi connectivity index (χ2n) is 6.98. The van der Waals surface area contributed by atoms with Gasteiger partial charge in [-0.25, -0.2) is 4.79 Å². The number of hydrogen-bond acceptors (Lipinski definition) is 1. The second kappa shape index (κ2) is 7.94. The van der Waals surface area contributed by atoms with Crippen LogP contribution in [0.1, 0.15) is 21.6 Å². The van der Waals surface area contributed by atoms with Crippen molar-refractivity contribution >= 4 is 40.1 Å². The van der Waals surface area contributed by atoms with Crippen molar-refractivity contribution in [3.8, 4) is 11.1 Å². The van der Waals surface area contributed by atoms with Gasteiger partial charge < -0.3 is 9.67 Å². The van der Waals surface area contributed by atoms with Crippen LogP contribution in [-0.4, -0.2) is 15.6 Å². The molecular formula is C23H14Cl2F3NO2. The maximum Gasteiger partial charge on any atom is 0.416 e.